The maximum atomic E-state index is 12.9. The van der Waals surface area contributed by atoms with Gasteiger partial charge in [-0.15, -0.1) is 0 Å². The first-order chi connectivity index (χ1) is 26.4. The minimum Gasteiger partial charge on any atom is -0.480 e. The van der Waals surface area contributed by atoms with E-state index in [0.29, 0.717) is 25.4 Å². The van der Waals surface area contributed by atoms with Gasteiger partial charge in [0.1, 0.15) is 12.6 Å². The van der Waals surface area contributed by atoms with Crippen molar-refractivity contribution >= 4 is 29.7 Å². The summed E-state index contributed by atoms with van der Waals surface area (Å²) in [6.45, 7) is 5.62. The van der Waals surface area contributed by atoms with Crippen LogP contribution in [0.1, 0.15) is 159 Å². The fourth-order valence-corrected chi connectivity index (χ4v) is 8.29. The van der Waals surface area contributed by atoms with Crippen LogP contribution in [-0.2, 0) is 19.1 Å². The summed E-state index contributed by atoms with van der Waals surface area (Å²) < 4.78 is 11.6. The van der Waals surface area contributed by atoms with E-state index in [-0.39, 0.29) is 30.2 Å². The molecule has 0 unspecified atom stereocenters. The van der Waals surface area contributed by atoms with E-state index in [2.05, 4.69) is 36.6 Å². The van der Waals surface area contributed by atoms with Crippen LogP contribution in [-0.4, -0.2) is 66.5 Å². The lowest BCUT2D eigenvalue weighted by atomic mass is 9.98. The fourth-order valence-electron chi connectivity index (χ4n) is 7.23. The number of benzene rings is 2. The average molecular weight is 767 g/mol. The normalized spacial score (nSPS) is 13.2. The Kier molecular flexibility index (Phi) is 23.8. The number of carbonyl (C=O) groups excluding carboxylic acids is 2. The quantitative estimate of drug-likeness (QED) is 0.0635. The van der Waals surface area contributed by atoms with E-state index in [9.17, 15) is 19.5 Å². The van der Waals surface area contributed by atoms with Crippen molar-refractivity contribution in [3.8, 4) is 11.1 Å². The smallest absolute Gasteiger partial charge is 0.407 e. The number of carboxylic acid groups (broad SMARTS) is 1. The minimum atomic E-state index is -1.13. The lowest BCUT2D eigenvalue weighted by Crippen LogP contribution is -2.44. The summed E-state index contributed by atoms with van der Waals surface area (Å²) in [4.78, 5) is 37.9. The molecule has 3 rings (SSSR count). The average Bonchev–Trinajstić information content (AvgIpc) is 3.49. The first-order valence-corrected chi connectivity index (χ1v) is 22.4. The van der Waals surface area contributed by atoms with Gasteiger partial charge in [-0.1, -0.05) is 172 Å². The number of unbranched alkanes of at least 4 members (excludes halogenated alkanes) is 17. The van der Waals surface area contributed by atoms with E-state index in [1.807, 2.05) is 36.4 Å². The van der Waals surface area contributed by atoms with E-state index >= 15 is 0 Å². The number of ether oxygens (including phenoxy) is 2. The third kappa shape index (κ3) is 18.1. The van der Waals surface area contributed by atoms with Gasteiger partial charge in [-0.2, -0.15) is 11.8 Å². The van der Waals surface area contributed by atoms with Gasteiger partial charge >= 0.3 is 12.1 Å². The number of alkyl carbamates (subject to hydrolysis) is 1. The molecule has 302 valence electrons. The van der Waals surface area contributed by atoms with Crippen molar-refractivity contribution in [2.45, 2.75) is 160 Å². The van der Waals surface area contributed by atoms with Crippen LogP contribution in [0.5, 0.6) is 0 Å². The standard InChI is InChI=1S/C45H70N2O6S/c1-3-5-7-9-11-13-15-17-19-25-31-52-32-36(46-43(48)30-20-18-16-14-12-10-8-6-4-2)34-54-35-42(44(49)50)47-45(51)53-33-41-39-28-23-21-26-37(39)38-27-22-24-29-40(38)41/h21-24,26-29,36,41-42H,3-20,25,30-35H2,1-2H3,(H,46,48)(H,47,51)(H,49,50)/t36-,42+/m1/s1. The van der Waals surface area contributed by atoms with Crippen LogP contribution in [0.2, 0.25) is 0 Å². The molecule has 0 saturated heterocycles. The number of fused-ring (bicyclic) bond motifs is 3. The Morgan fingerprint density at radius 3 is 1.70 bits per heavy atom. The highest BCUT2D eigenvalue weighted by atomic mass is 32.2. The molecule has 1 aliphatic carbocycles. The zero-order chi connectivity index (χ0) is 38.6. The number of carbonyl (C=O) groups is 3. The zero-order valence-corrected chi connectivity index (χ0v) is 34.2. The van der Waals surface area contributed by atoms with E-state index in [1.54, 1.807) is 0 Å². The van der Waals surface area contributed by atoms with Crippen molar-refractivity contribution < 1.29 is 29.0 Å². The van der Waals surface area contributed by atoms with Gasteiger partial charge in [0.2, 0.25) is 5.91 Å². The molecular formula is C45H70N2O6S. The van der Waals surface area contributed by atoms with Gasteiger partial charge in [-0.25, -0.2) is 9.59 Å². The van der Waals surface area contributed by atoms with Crippen molar-refractivity contribution in [2.75, 3.05) is 31.3 Å². The van der Waals surface area contributed by atoms with Crippen LogP contribution in [0.25, 0.3) is 11.1 Å². The number of carboxylic acids is 1. The molecule has 0 fully saturated rings. The second-order valence-corrected chi connectivity index (χ2v) is 16.1. The maximum absolute atomic E-state index is 12.9. The molecule has 0 bridgehead atoms. The summed E-state index contributed by atoms with van der Waals surface area (Å²) in [7, 11) is 0. The molecule has 2 amide bonds. The number of amides is 2. The van der Waals surface area contributed by atoms with E-state index in [1.165, 1.54) is 102 Å². The Morgan fingerprint density at radius 1 is 0.667 bits per heavy atom. The molecule has 2 aromatic carbocycles. The summed E-state index contributed by atoms with van der Waals surface area (Å²) in [6.07, 6.45) is 23.1. The minimum absolute atomic E-state index is 0.0117. The molecule has 2 atom stereocenters. The predicted molar refractivity (Wildman–Crippen MR) is 223 cm³/mol. The monoisotopic (exact) mass is 766 g/mol. The number of nitrogens with one attached hydrogen (secondary N) is 2. The van der Waals surface area contributed by atoms with Crippen LogP contribution >= 0.6 is 11.8 Å². The molecule has 0 spiro atoms. The Bertz CT molecular complexity index is 1290. The maximum Gasteiger partial charge on any atom is 0.407 e. The van der Waals surface area contributed by atoms with Crippen molar-refractivity contribution in [2.24, 2.45) is 0 Å². The highest BCUT2D eigenvalue weighted by Gasteiger charge is 2.30. The van der Waals surface area contributed by atoms with Crippen LogP contribution in [0.3, 0.4) is 0 Å². The Labute approximate surface area is 330 Å². The number of aliphatic carboxylic acids is 1. The van der Waals surface area contributed by atoms with Crippen LogP contribution < -0.4 is 10.6 Å². The second-order valence-electron chi connectivity index (χ2n) is 15.0. The summed E-state index contributed by atoms with van der Waals surface area (Å²) in [6, 6.07) is 14.8. The Hall–Kier alpha value is -3.04. The van der Waals surface area contributed by atoms with Gasteiger partial charge in [0.25, 0.3) is 0 Å². The van der Waals surface area contributed by atoms with Crippen molar-refractivity contribution in [1.29, 1.82) is 0 Å². The molecule has 3 N–H and O–H groups in total. The van der Waals surface area contributed by atoms with Gasteiger partial charge in [0.15, 0.2) is 0 Å². The molecule has 2 aromatic rings. The van der Waals surface area contributed by atoms with E-state index in [4.69, 9.17) is 9.47 Å². The first kappa shape index (κ1) is 45.4. The zero-order valence-electron chi connectivity index (χ0n) is 33.4. The largest absolute Gasteiger partial charge is 0.480 e. The third-order valence-electron chi connectivity index (χ3n) is 10.4. The van der Waals surface area contributed by atoms with Gasteiger partial charge < -0.3 is 25.2 Å². The lowest BCUT2D eigenvalue weighted by Gasteiger charge is -2.21. The summed E-state index contributed by atoms with van der Waals surface area (Å²) in [5, 5.41) is 15.6. The van der Waals surface area contributed by atoms with Crippen LogP contribution in [0.15, 0.2) is 48.5 Å². The van der Waals surface area contributed by atoms with Gasteiger partial charge in [0.05, 0.1) is 12.6 Å². The highest BCUT2D eigenvalue weighted by Crippen LogP contribution is 2.44. The fraction of sp³-hybridized carbons (Fsp3) is 0.667. The van der Waals surface area contributed by atoms with Gasteiger partial charge in [-0.3, -0.25) is 4.79 Å². The molecule has 9 heteroatoms. The molecule has 0 aromatic heterocycles. The van der Waals surface area contributed by atoms with E-state index < -0.39 is 18.1 Å². The second kappa shape index (κ2) is 28.4. The summed E-state index contributed by atoms with van der Waals surface area (Å²) in [5.41, 5.74) is 4.45. The Balaban J connectivity index is 1.41. The van der Waals surface area contributed by atoms with Gasteiger partial charge in [0, 0.05) is 30.5 Å². The molecule has 8 nitrogen and oxygen atoms in total. The van der Waals surface area contributed by atoms with Crippen LogP contribution in [0, 0.1) is 0 Å². The molecule has 54 heavy (non-hydrogen) atoms. The molecule has 0 aliphatic heterocycles. The molecule has 1 aliphatic rings. The van der Waals surface area contributed by atoms with Crippen molar-refractivity contribution in [3.63, 3.8) is 0 Å². The molecule has 0 heterocycles. The van der Waals surface area contributed by atoms with Crippen molar-refractivity contribution in [1.82, 2.24) is 10.6 Å². The van der Waals surface area contributed by atoms with Gasteiger partial charge in [-0.05, 0) is 35.1 Å². The van der Waals surface area contributed by atoms with Crippen LogP contribution in [0.4, 0.5) is 4.79 Å². The summed E-state index contributed by atoms with van der Waals surface area (Å²) in [5.74, 6) is -0.599. The highest BCUT2D eigenvalue weighted by molar-refractivity contribution is 7.99. The third-order valence-corrected chi connectivity index (χ3v) is 11.6. The summed E-state index contributed by atoms with van der Waals surface area (Å²) >= 11 is 1.39. The number of thioether (sulfide) groups is 1. The Morgan fingerprint density at radius 2 is 1.17 bits per heavy atom. The predicted octanol–water partition coefficient (Wildman–Crippen LogP) is 11.1. The lowest BCUT2D eigenvalue weighted by molar-refractivity contribution is -0.138. The van der Waals surface area contributed by atoms with Crippen molar-refractivity contribution in [3.05, 3.63) is 59.7 Å². The molecule has 0 saturated carbocycles. The SMILES string of the molecule is CCCCCCCCCCCCOC[C@H](CSC[C@H](NC(=O)OCC1c2ccccc2-c2ccccc21)C(=O)O)NC(=O)CCCCCCCCCCC. The van der Waals surface area contributed by atoms with E-state index in [0.717, 1.165) is 54.4 Å². The number of rotatable bonds is 32. The first-order valence-electron chi connectivity index (χ1n) is 21.2. The molecular weight excluding hydrogens is 697 g/mol. The number of hydrogen-bond acceptors (Lipinski definition) is 6. The molecule has 0 radical (unpaired) electrons. The topological polar surface area (TPSA) is 114 Å². The number of hydrogen-bond donors (Lipinski definition) is 3.